The maximum Gasteiger partial charge on any atom is 0.193 e. The normalized spacial score (nSPS) is 10.4. The van der Waals surface area contributed by atoms with Crippen LogP contribution in [0.1, 0.15) is 15.9 Å². The molecule has 0 aliphatic heterocycles. The average Bonchev–Trinajstić information content (AvgIpc) is 2.97. The smallest absolute Gasteiger partial charge is 0.193 e. The Bertz CT molecular complexity index is 1520. The van der Waals surface area contributed by atoms with Crippen LogP contribution in [0.5, 0.6) is 11.5 Å². The quantitative estimate of drug-likeness (QED) is 0.179. The predicted molar refractivity (Wildman–Crippen MR) is 152 cm³/mol. The molecule has 0 fully saturated rings. The van der Waals surface area contributed by atoms with Gasteiger partial charge in [-0.2, -0.15) is 0 Å². The van der Waals surface area contributed by atoms with E-state index >= 15 is 0 Å². The van der Waals surface area contributed by atoms with E-state index in [2.05, 4.69) is 20.9 Å². The first-order valence-corrected chi connectivity index (χ1v) is 11.6. The largest absolute Gasteiger partial charge is 0.493 e. The van der Waals surface area contributed by atoms with Crippen molar-refractivity contribution in [2.45, 2.75) is 0 Å². The van der Waals surface area contributed by atoms with Gasteiger partial charge in [0.05, 0.1) is 31.1 Å². The van der Waals surface area contributed by atoms with Gasteiger partial charge in [0.1, 0.15) is 6.33 Å². The van der Waals surface area contributed by atoms with Crippen LogP contribution in [0.15, 0.2) is 103 Å². The molecule has 0 saturated heterocycles. The Balaban J connectivity index is 0.00000336. The Labute approximate surface area is 226 Å². The molecule has 2 N–H and O–H groups in total. The molecule has 0 saturated carbocycles. The molecule has 0 radical (unpaired) electrons. The zero-order valence-corrected chi connectivity index (χ0v) is 21.6. The minimum Gasteiger partial charge on any atom is -0.493 e. The van der Waals surface area contributed by atoms with Crippen molar-refractivity contribution in [2.75, 3.05) is 24.7 Å². The topological polar surface area (TPSA) is 88.6 Å². The number of benzene rings is 4. The number of carbonyl (C=O) groups excluding carboxylic acids is 1. The lowest BCUT2D eigenvalue weighted by molar-refractivity contribution is 0.103. The lowest BCUT2D eigenvalue weighted by Crippen LogP contribution is -2.39. The lowest BCUT2D eigenvalue weighted by atomic mass is 10.0. The molecule has 4 aromatic carbocycles. The van der Waals surface area contributed by atoms with E-state index in [0.29, 0.717) is 34.0 Å². The maximum atomic E-state index is 12.9. The van der Waals surface area contributed by atoms with Gasteiger partial charge in [0.25, 0.3) is 0 Å². The minimum atomic E-state index is -0.0432. The molecule has 0 bridgehead atoms. The summed E-state index contributed by atoms with van der Waals surface area (Å²) >= 11 is 0. The standard InChI is InChI=1S/C29H25N5O3.ClH/c1-36-26-17-24-25(18-27(26)37-2)30-19-31-29(24)34(33-32-22-11-7-4-8-12-22)23-15-13-21(14-16-23)28(35)20-9-5-3-6-10-20;/h3-19,32-33H,1-2H3;1H. The predicted octanol–water partition coefficient (Wildman–Crippen LogP) is 5.97. The van der Waals surface area contributed by atoms with Crippen molar-refractivity contribution in [3.63, 3.8) is 0 Å². The third kappa shape index (κ3) is 5.51. The van der Waals surface area contributed by atoms with E-state index in [1.54, 1.807) is 31.4 Å². The first-order valence-electron chi connectivity index (χ1n) is 11.6. The molecule has 5 rings (SSSR count). The molecular weight excluding hydrogens is 502 g/mol. The summed E-state index contributed by atoms with van der Waals surface area (Å²) in [7, 11) is 3.17. The molecule has 1 aromatic heterocycles. The van der Waals surface area contributed by atoms with E-state index in [4.69, 9.17) is 9.47 Å². The lowest BCUT2D eigenvalue weighted by Gasteiger charge is -2.26. The summed E-state index contributed by atoms with van der Waals surface area (Å²) in [6.45, 7) is 0. The molecule has 5 aromatic rings. The van der Waals surface area contributed by atoms with Crippen LogP contribution in [-0.4, -0.2) is 30.0 Å². The highest BCUT2D eigenvalue weighted by molar-refractivity contribution is 6.09. The van der Waals surface area contributed by atoms with Gasteiger partial charge in [-0.25, -0.2) is 15.0 Å². The number of fused-ring (bicyclic) bond motifs is 1. The monoisotopic (exact) mass is 527 g/mol. The summed E-state index contributed by atoms with van der Waals surface area (Å²) in [4.78, 5) is 21.9. The van der Waals surface area contributed by atoms with Crippen molar-refractivity contribution in [1.29, 1.82) is 0 Å². The van der Waals surface area contributed by atoms with Gasteiger partial charge in [-0.3, -0.25) is 4.79 Å². The molecule has 0 unspecified atom stereocenters. The van der Waals surface area contributed by atoms with Crippen LogP contribution in [0.4, 0.5) is 17.2 Å². The van der Waals surface area contributed by atoms with Gasteiger partial charge < -0.3 is 14.9 Å². The number of anilines is 3. The summed E-state index contributed by atoms with van der Waals surface area (Å²) in [6, 6.07) is 29.9. The second kappa shape index (κ2) is 12.1. The molecular formula is C29H26ClN5O3. The third-order valence-electron chi connectivity index (χ3n) is 5.84. The van der Waals surface area contributed by atoms with Gasteiger partial charge in [-0.05, 0) is 42.5 Å². The Hall–Kier alpha value is -4.66. The Morgan fingerprint density at radius 3 is 2.03 bits per heavy atom. The van der Waals surface area contributed by atoms with Crippen LogP contribution in [0.2, 0.25) is 0 Å². The van der Waals surface area contributed by atoms with Gasteiger partial charge in [0.2, 0.25) is 0 Å². The van der Waals surface area contributed by atoms with Crippen molar-refractivity contribution < 1.29 is 14.3 Å². The van der Waals surface area contributed by atoms with Crippen LogP contribution >= 0.6 is 12.4 Å². The van der Waals surface area contributed by atoms with Crippen LogP contribution in [0.3, 0.4) is 0 Å². The number of ether oxygens (including phenoxy) is 2. The summed E-state index contributed by atoms with van der Waals surface area (Å²) in [5, 5.41) is 2.53. The molecule has 0 amide bonds. The van der Waals surface area contributed by atoms with Crippen LogP contribution in [0, 0.1) is 0 Å². The fourth-order valence-corrected chi connectivity index (χ4v) is 3.95. The van der Waals surface area contributed by atoms with Crippen molar-refractivity contribution >= 4 is 46.3 Å². The van der Waals surface area contributed by atoms with Gasteiger partial charge in [0.15, 0.2) is 23.1 Å². The van der Waals surface area contributed by atoms with Crippen molar-refractivity contribution in [3.8, 4) is 11.5 Å². The highest BCUT2D eigenvalue weighted by Crippen LogP contribution is 2.36. The van der Waals surface area contributed by atoms with Crippen molar-refractivity contribution in [3.05, 3.63) is 115 Å². The fraction of sp³-hybridized carbons (Fsp3) is 0.0690. The van der Waals surface area contributed by atoms with E-state index < -0.39 is 0 Å². The van der Waals surface area contributed by atoms with Gasteiger partial charge >= 0.3 is 0 Å². The zero-order valence-electron chi connectivity index (χ0n) is 20.8. The van der Waals surface area contributed by atoms with Gasteiger partial charge in [-0.15, -0.1) is 17.9 Å². The number of hydrogen-bond acceptors (Lipinski definition) is 8. The molecule has 192 valence electrons. The number of hydrogen-bond donors (Lipinski definition) is 2. The van der Waals surface area contributed by atoms with Crippen molar-refractivity contribution in [2.24, 2.45) is 0 Å². The van der Waals surface area contributed by atoms with Gasteiger partial charge in [-0.1, -0.05) is 48.5 Å². The van der Waals surface area contributed by atoms with Crippen LogP contribution in [-0.2, 0) is 0 Å². The summed E-state index contributed by atoms with van der Waals surface area (Å²) < 4.78 is 11.0. The number of nitrogens with zero attached hydrogens (tertiary/aromatic N) is 3. The number of hydrazine groups is 2. The Kier molecular flexibility index (Phi) is 8.37. The summed E-state index contributed by atoms with van der Waals surface area (Å²) in [6.07, 6.45) is 1.49. The molecule has 8 nitrogen and oxygen atoms in total. The Morgan fingerprint density at radius 2 is 1.37 bits per heavy atom. The number of halogens is 1. The molecule has 0 atom stereocenters. The highest BCUT2D eigenvalue weighted by Gasteiger charge is 2.18. The van der Waals surface area contributed by atoms with Crippen LogP contribution in [0.25, 0.3) is 10.9 Å². The maximum absolute atomic E-state index is 12.9. The number of nitrogens with one attached hydrogen (secondary N) is 2. The molecule has 0 spiro atoms. The number of methoxy groups -OCH3 is 2. The average molecular weight is 528 g/mol. The number of ketones is 1. The van der Waals surface area contributed by atoms with E-state index in [0.717, 1.165) is 16.8 Å². The molecule has 0 aliphatic carbocycles. The number of rotatable bonds is 9. The number of aromatic nitrogens is 2. The molecule has 0 aliphatic rings. The number of para-hydroxylation sites is 1. The first kappa shape index (κ1) is 26.4. The molecule has 9 heteroatoms. The summed E-state index contributed by atoms with van der Waals surface area (Å²) in [5.74, 6) is 1.67. The first-order chi connectivity index (χ1) is 18.2. The SMILES string of the molecule is COc1cc2ncnc(N(NNc3ccccc3)c3ccc(C(=O)c4ccccc4)cc3)c2cc1OC.Cl. The van der Waals surface area contributed by atoms with Crippen LogP contribution < -0.4 is 25.4 Å². The van der Waals surface area contributed by atoms with Crippen molar-refractivity contribution in [1.82, 2.24) is 15.5 Å². The Morgan fingerprint density at radius 1 is 0.763 bits per heavy atom. The van der Waals surface area contributed by atoms with E-state index in [1.807, 2.05) is 84.9 Å². The molecule has 38 heavy (non-hydrogen) atoms. The third-order valence-corrected chi connectivity index (χ3v) is 5.84. The van der Waals surface area contributed by atoms with E-state index in [9.17, 15) is 4.79 Å². The second-order valence-electron chi connectivity index (χ2n) is 8.10. The second-order valence-corrected chi connectivity index (χ2v) is 8.10. The van der Waals surface area contributed by atoms with E-state index in [-0.39, 0.29) is 18.2 Å². The highest BCUT2D eigenvalue weighted by atomic mass is 35.5. The molecule has 1 heterocycles. The van der Waals surface area contributed by atoms with E-state index in [1.165, 1.54) is 6.33 Å². The fourth-order valence-electron chi connectivity index (χ4n) is 3.95. The minimum absolute atomic E-state index is 0. The van der Waals surface area contributed by atoms with Gasteiger partial charge in [0, 0.05) is 22.6 Å². The zero-order chi connectivity index (χ0) is 25.6. The summed E-state index contributed by atoms with van der Waals surface area (Å²) in [5.41, 5.74) is 9.98. The number of carbonyl (C=O) groups is 1.